The van der Waals surface area contributed by atoms with E-state index in [1.807, 2.05) is 18.2 Å². The molecule has 2 atom stereocenters. The van der Waals surface area contributed by atoms with E-state index in [4.69, 9.17) is 45.5 Å². The molecule has 0 bridgehead atoms. The number of rotatable bonds is 11. The van der Waals surface area contributed by atoms with Gasteiger partial charge in [-0.05, 0) is 66.0 Å². The number of aromatic nitrogens is 3. The van der Waals surface area contributed by atoms with Crippen molar-refractivity contribution in [3.8, 4) is 34.5 Å². The van der Waals surface area contributed by atoms with E-state index in [0.29, 0.717) is 94.4 Å². The van der Waals surface area contributed by atoms with Crippen LogP contribution in [0, 0.1) is 17.3 Å². The largest absolute Gasteiger partial charge is 0.468 e. The molecule has 7 rings (SSSR count). The van der Waals surface area contributed by atoms with Crippen LogP contribution in [0.1, 0.15) is 72.8 Å². The highest BCUT2D eigenvalue weighted by Gasteiger charge is 2.49. The monoisotopic (exact) mass is 805 g/mol. The number of hydrogen-bond acceptors (Lipinski definition) is 9. The van der Waals surface area contributed by atoms with Crippen LogP contribution in [0.2, 0.25) is 21.6 Å². The molecule has 0 unspecified atom stereocenters. The Hall–Kier alpha value is -3.60. The van der Waals surface area contributed by atoms with Gasteiger partial charge in [0.25, 0.3) is 0 Å². The van der Waals surface area contributed by atoms with Crippen molar-refractivity contribution in [2.75, 3.05) is 64.8 Å². The zero-order valence-corrected chi connectivity index (χ0v) is 35.4. The minimum absolute atomic E-state index is 0.00300. The maximum absolute atomic E-state index is 17.6. The summed E-state index contributed by atoms with van der Waals surface area (Å²) < 4.78 is 55.5. The first kappa shape index (κ1) is 40.6. The summed E-state index contributed by atoms with van der Waals surface area (Å²) in [5.41, 5.74) is 5.85. The molecule has 9 nitrogen and oxygen atoms in total. The van der Waals surface area contributed by atoms with Gasteiger partial charge in [0.2, 0.25) is 0 Å². The van der Waals surface area contributed by atoms with Crippen molar-refractivity contribution in [1.29, 1.82) is 0 Å². The number of hydrogen-bond donors (Lipinski definition) is 0. The van der Waals surface area contributed by atoms with Gasteiger partial charge in [-0.1, -0.05) is 65.1 Å². The molecule has 3 saturated heterocycles. The van der Waals surface area contributed by atoms with Gasteiger partial charge >= 0.3 is 6.01 Å². The SMILES string of the molecule is COCOc1cc(-c2ncc3c(N4CCCOCC4)nc(OC[C@@]45CCCN4C[C@H](F)C5)nc3c2F)c2c(C#C[Si](C(C)C)(C(C)C)C(C)C)c(Cl)ccc2c1. The van der Waals surface area contributed by atoms with Crippen LogP contribution in [0.3, 0.4) is 0 Å². The van der Waals surface area contributed by atoms with E-state index in [-0.39, 0.29) is 30.6 Å². The van der Waals surface area contributed by atoms with Crippen LogP contribution >= 0.6 is 11.6 Å². The van der Waals surface area contributed by atoms with Crippen LogP contribution in [-0.2, 0) is 9.47 Å². The second-order valence-electron chi connectivity index (χ2n) is 16.5. The number of pyridine rings is 1. The summed E-state index contributed by atoms with van der Waals surface area (Å²) in [6, 6.07) is 7.44. The van der Waals surface area contributed by atoms with E-state index in [1.54, 1.807) is 19.4 Å². The minimum atomic E-state index is -2.18. The molecule has 300 valence electrons. The third kappa shape index (κ3) is 7.58. The molecule has 0 saturated carbocycles. The van der Waals surface area contributed by atoms with E-state index >= 15 is 4.39 Å². The van der Waals surface area contributed by atoms with E-state index in [9.17, 15) is 4.39 Å². The summed E-state index contributed by atoms with van der Waals surface area (Å²) in [6.07, 6.45) is 3.72. The molecule has 5 heterocycles. The zero-order chi connectivity index (χ0) is 39.8. The lowest BCUT2D eigenvalue weighted by atomic mass is 9.95. The molecule has 0 amide bonds. The first-order chi connectivity index (χ1) is 26.9. The Morgan fingerprint density at radius 1 is 1.02 bits per heavy atom. The Bertz CT molecular complexity index is 2120. The number of ether oxygens (including phenoxy) is 4. The number of halogens is 3. The summed E-state index contributed by atoms with van der Waals surface area (Å²) >= 11 is 7.03. The summed E-state index contributed by atoms with van der Waals surface area (Å²) in [6.45, 7) is 17.4. The number of alkyl halides is 1. The average Bonchev–Trinajstić information content (AvgIpc) is 3.55. The van der Waals surface area contributed by atoms with Crippen molar-refractivity contribution in [1.82, 2.24) is 19.9 Å². The molecule has 3 aliphatic rings. The van der Waals surface area contributed by atoms with Gasteiger partial charge in [-0.15, -0.1) is 5.54 Å². The summed E-state index contributed by atoms with van der Waals surface area (Å²) in [5, 5.41) is 2.39. The molecular weight excluding hydrogens is 752 g/mol. The van der Waals surface area contributed by atoms with Gasteiger partial charge in [0.15, 0.2) is 12.6 Å². The van der Waals surface area contributed by atoms with Crippen molar-refractivity contribution in [3.63, 3.8) is 0 Å². The lowest BCUT2D eigenvalue weighted by molar-refractivity contribution is 0.0512. The first-order valence-corrected chi connectivity index (χ1v) is 22.6. The van der Waals surface area contributed by atoms with Crippen molar-refractivity contribution < 1.29 is 27.7 Å². The average molecular weight is 806 g/mol. The highest BCUT2D eigenvalue weighted by molar-refractivity contribution is 6.90. The van der Waals surface area contributed by atoms with Gasteiger partial charge in [0, 0.05) is 56.9 Å². The van der Waals surface area contributed by atoms with Crippen molar-refractivity contribution >= 4 is 47.2 Å². The van der Waals surface area contributed by atoms with Crippen LogP contribution in [0.4, 0.5) is 14.6 Å². The molecule has 3 fully saturated rings. The van der Waals surface area contributed by atoms with Gasteiger partial charge < -0.3 is 23.8 Å². The Labute approximate surface area is 335 Å². The van der Waals surface area contributed by atoms with Gasteiger partial charge in [0.1, 0.15) is 43.6 Å². The molecule has 56 heavy (non-hydrogen) atoms. The Morgan fingerprint density at radius 3 is 2.55 bits per heavy atom. The summed E-state index contributed by atoms with van der Waals surface area (Å²) in [4.78, 5) is 18.7. The number of anilines is 1. The predicted molar refractivity (Wildman–Crippen MR) is 222 cm³/mol. The second kappa shape index (κ2) is 16.7. The lowest BCUT2D eigenvalue weighted by Gasteiger charge is -2.38. The molecule has 2 aromatic carbocycles. The maximum Gasteiger partial charge on any atom is 0.319 e. The van der Waals surface area contributed by atoms with Crippen LogP contribution in [-0.4, -0.2) is 99.5 Å². The van der Waals surface area contributed by atoms with E-state index < -0.39 is 25.6 Å². The smallest absolute Gasteiger partial charge is 0.319 e. The summed E-state index contributed by atoms with van der Waals surface area (Å²) in [7, 11) is -0.625. The fourth-order valence-corrected chi connectivity index (χ4v) is 15.1. The molecule has 0 radical (unpaired) electrons. The quantitative estimate of drug-likeness (QED) is 0.0837. The van der Waals surface area contributed by atoms with Crippen LogP contribution in [0.25, 0.3) is 32.9 Å². The van der Waals surface area contributed by atoms with Crippen LogP contribution in [0.15, 0.2) is 30.5 Å². The molecule has 13 heteroatoms. The number of methoxy groups -OCH3 is 1. The molecule has 0 aliphatic carbocycles. The molecule has 4 aromatic rings. The van der Waals surface area contributed by atoms with E-state index in [2.05, 4.69) is 62.8 Å². The topological polar surface area (TPSA) is 82.1 Å². The van der Waals surface area contributed by atoms with Crippen molar-refractivity contribution in [2.45, 2.75) is 95.6 Å². The Kier molecular flexibility index (Phi) is 12.1. The predicted octanol–water partition coefficient (Wildman–Crippen LogP) is 9.37. The second-order valence-corrected chi connectivity index (χ2v) is 22.5. The van der Waals surface area contributed by atoms with Gasteiger partial charge in [0.05, 0.1) is 28.1 Å². The fraction of sp³-hybridized carbons (Fsp3) is 0.558. The number of fused-ring (bicyclic) bond motifs is 3. The van der Waals surface area contributed by atoms with Crippen LogP contribution in [0.5, 0.6) is 11.8 Å². The fourth-order valence-electron chi connectivity index (χ4n) is 9.66. The van der Waals surface area contributed by atoms with Gasteiger partial charge in [-0.2, -0.15) is 9.97 Å². The highest BCUT2D eigenvalue weighted by atomic mass is 35.5. The summed E-state index contributed by atoms with van der Waals surface area (Å²) in [5.74, 6) is 3.94. The molecule has 0 spiro atoms. The lowest BCUT2D eigenvalue weighted by Crippen LogP contribution is -2.43. The standard InChI is InChI=1S/C43H54ClF2N5O4Si/c1-27(2)56(28(3)4,29(5)6)19-12-33-36(44)11-10-30-20-32(55-26-52-7)21-34(37(30)33)39-38(46)40-35(23-47-39)41(50-14-9-17-53-18-16-50)49-42(48-40)54-25-43-13-8-15-51(43)24-31(45)22-43/h10-11,20-21,23,27-29,31H,8-9,13-18,22,24-26H2,1-7H3/t31-,43+/m1/s1. The highest BCUT2D eigenvalue weighted by Crippen LogP contribution is 2.44. The normalized spacial score (nSPS) is 20.6. The van der Waals surface area contributed by atoms with Gasteiger partial charge in [-0.25, -0.2) is 8.78 Å². The van der Waals surface area contributed by atoms with Crippen molar-refractivity contribution in [2.24, 2.45) is 0 Å². The maximum atomic E-state index is 17.6. The van der Waals surface area contributed by atoms with E-state index in [1.165, 1.54) is 0 Å². The number of benzene rings is 2. The minimum Gasteiger partial charge on any atom is -0.468 e. The third-order valence-electron chi connectivity index (χ3n) is 12.3. The van der Waals surface area contributed by atoms with Gasteiger partial charge in [-0.3, -0.25) is 9.88 Å². The Morgan fingerprint density at radius 2 is 1.80 bits per heavy atom. The van der Waals surface area contributed by atoms with Crippen LogP contribution < -0.4 is 14.4 Å². The molecule has 2 aromatic heterocycles. The Balaban J connectivity index is 1.42. The molecular formula is C43H54ClF2N5O4Si. The zero-order valence-electron chi connectivity index (χ0n) is 33.7. The molecule has 0 N–H and O–H groups in total. The number of nitrogens with zero attached hydrogens (tertiary/aromatic N) is 5. The first-order valence-electron chi connectivity index (χ1n) is 20.0. The van der Waals surface area contributed by atoms with Crippen molar-refractivity contribution in [3.05, 3.63) is 46.9 Å². The third-order valence-corrected chi connectivity index (χ3v) is 18.9. The molecule has 3 aliphatic heterocycles. The van der Waals surface area contributed by atoms with E-state index in [0.717, 1.165) is 31.2 Å².